The third kappa shape index (κ3) is 3.37. The Morgan fingerprint density at radius 1 is 1.07 bits per heavy atom. The molecule has 2 aliphatic heterocycles. The highest BCUT2D eigenvalue weighted by molar-refractivity contribution is 5.27. The summed E-state index contributed by atoms with van der Waals surface area (Å²) in [5.41, 5.74) is 0.972. The van der Waals surface area contributed by atoms with Gasteiger partial charge in [-0.1, -0.05) is 12.1 Å². The van der Waals surface area contributed by atoms with Crippen LogP contribution in [0.5, 0.6) is 5.75 Å². The number of hydrogen-bond donors (Lipinski definition) is 0. The first-order valence-corrected chi connectivity index (χ1v) is 10.1. The van der Waals surface area contributed by atoms with Gasteiger partial charge in [0.2, 0.25) is 0 Å². The average molecular weight is 408 g/mol. The highest BCUT2D eigenvalue weighted by Crippen LogP contribution is 2.39. The van der Waals surface area contributed by atoms with Crippen LogP contribution >= 0.6 is 0 Å². The quantitative estimate of drug-likeness (QED) is 0.595. The number of aromatic nitrogens is 3. The summed E-state index contributed by atoms with van der Waals surface area (Å²) in [4.78, 5) is 27.8. The van der Waals surface area contributed by atoms with Gasteiger partial charge in [-0.2, -0.15) is 5.10 Å². The van der Waals surface area contributed by atoms with Gasteiger partial charge >= 0.3 is 11.1 Å². The Bertz CT molecular complexity index is 1160. The molecular formula is C22H24N4O4. The number of rotatable bonds is 5. The van der Waals surface area contributed by atoms with Gasteiger partial charge in [0, 0.05) is 37.0 Å². The molecule has 0 N–H and O–H groups in total. The number of fused-ring (bicyclic) bond motifs is 1. The zero-order valence-corrected chi connectivity index (χ0v) is 16.9. The minimum atomic E-state index is -0.570. The smallest absolute Gasteiger partial charge is 0.332 e. The van der Waals surface area contributed by atoms with Crippen molar-refractivity contribution in [3.63, 3.8) is 0 Å². The molecule has 0 unspecified atom stereocenters. The maximum Gasteiger partial charge on any atom is 0.332 e. The van der Waals surface area contributed by atoms with E-state index in [1.54, 1.807) is 24.2 Å². The third-order valence-electron chi connectivity index (χ3n) is 6.23. The van der Waals surface area contributed by atoms with Gasteiger partial charge in [0.25, 0.3) is 0 Å². The predicted octanol–water partition coefficient (Wildman–Crippen LogP) is 1.50. The fourth-order valence-electron chi connectivity index (χ4n) is 4.69. The van der Waals surface area contributed by atoms with E-state index in [-0.39, 0.29) is 12.0 Å². The lowest BCUT2D eigenvalue weighted by atomic mass is 9.86. The van der Waals surface area contributed by atoms with Gasteiger partial charge in [-0.05, 0) is 36.7 Å². The van der Waals surface area contributed by atoms with Crippen molar-refractivity contribution in [2.45, 2.75) is 32.5 Å². The molecule has 0 saturated carbocycles. The van der Waals surface area contributed by atoms with Crippen molar-refractivity contribution < 1.29 is 9.15 Å². The van der Waals surface area contributed by atoms with Crippen molar-refractivity contribution in [3.8, 4) is 5.75 Å². The van der Waals surface area contributed by atoms with Crippen LogP contribution < -0.4 is 15.9 Å². The fourth-order valence-corrected chi connectivity index (χ4v) is 4.69. The summed E-state index contributed by atoms with van der Waals surface area (Å²) < 4.78 is 13.2. The minimum Gasteiger partial charge on any atom is -0.497 e. The molecule has 0 bridgehead atoms. The molecule has 0 radical (unpaired) electrons. The van der Waals surface area contributed by atoms with Gasteiger partial charge < -0.3 is 9.15 Å². The molecule has 2 aliphatic rings. The first kappa shape index (κ1) is 18.9. The summed E-state index contributed by atoms with van der Waals surface area (Å²) in [6, 6.07) is 9.41. The van der Waals surface area contributed by atoms with Crippen LogP contribution in [0.15, 0.2) is 56.9 Å². The Morgan fingerprint density at radius 3 is 2.63 bits per heavy atom. The van der Waals surface area contributed by atoms with E-state index >= 15 is 0 Å². The van der Waals surface area contributed by atoms with E-state index in [0.717, 1.165) is 42.9 Å². The third-order valence-corrected chi connectivity index (χ3v) is 6.23. The number of hydrogen-bond acceptors (Lipinski definition) is 6. The summed E-state index contributed by atoms with van der Waals surface area (Å²) in [6.07, 6.45) is 5.16. The number of nitrogens with zero attached hydrogens (tertiary/aromatic N) is 4. The zero-order chi connectivity index (χ0) is 20.7. The number of benzene rings is 1. The molecule has 1 fully saturated rings. The molecule has 30 heavy (non-hydrogen) atoms. The average Bonchev–Trinajstić information content (AvgIpc) is 3.48. The van der Waals surface area contributed by atoms with Gasteiger partial charge in [0.1, 0.15) is 11.6 Å². The van der Waals surface area contributed by atoms with E-state index in [1.807, 2.05) is 30.3 Å². The molecule has 1 spiro atoms. The van der Waals surface area contributed by atoms with E-state index in [1.165, 1.54) is 4.68 Å². The summed E-state index contributed by atoms with van der Waals surface area (Å²) in [5, 5.41) is 4.57. The molecule has 2 aromatic heterocycles. The van der Waals surface area contributed by atoms with Crippen molar-refractivity contribution in [2.75, 3.05) is 20.2 Å². The Morgan fingerprint density at radius 2 is 1.90 bits per heavy atom. The minimum absolute atomic E-state index is 0.0331. The van der Waals surface area contributed by atoms with Crippen LogP contribution in [0, 0.1) is 5.41 Å². The Labute approximate surface area is 173 Å². The van der Waals surface area contributed by atoms with Crippen molar-refractivity contribution in [1.29, 1.82) is 0 Å². The molecule has 3 aromatic rings. The lowest BCUT2D eigenvalue weighted by Gasteiger charge is -2.22. The second-order valence-electron chi connectivity index (χ2n) is 8.39. The van der Waals surface area contributed by atoms with Crippen LogP contribution in [0.4, 0.5) is 0 Å². The van der Waals surface area contributed by atoms with Crippen LogP contribution in [0.1, 0.15) is 23.4 Å². The van der Waals surface area contributed by atoms with Gasteiger partial charge in [0.15, 0.2) is 0 Å². The van der Waals surface area contributed by atoms with Crippen molar-refractivity contribution >= 4 is 0 Å². The van der Waals surface area contributed by atoms with Gasteiger partial charge in [0.05, 0.1) is 26.2 Å². The SMILES string of the molecule is COc1ccc(Cn2nc3n(c(=O)c2=O)C[C@]2(CCN(Cc4ccoc4)C2)C3)cc1. The largest absolute Gasteiger partial charge is 0.497 e. The fraction of sp³-hybridized carbons (Fsp3) is 0.409. The van der Waals surface area contributed by atoms with Crippen molar-refractivity contribution in [2.24, 2.45) is 5.41 Å². The number of furan rings is 1. The molecular weight excluding hydrogens is 384 g/mol. The maximum atomic E-state index is 12.8. The summed E-state index contributed by atoms with van der Waals surface area (Å²) >= 11 is 0. The monoisotopic (exact) mass is 408 g/mol. The Kier molecular flexibility index (Phi) is 4.58. The molecule has 156 valence electrons. The summed E-state index contributed by atoms with van der Waals surface area (Å²) in [7, 11) is 1.61. The summed E-state index contributed by atoms with van der Waals surface area (Å²) in [6.45, 7) is 3.51. The Balaban J connectivity index is 1.36. The first-order chi connectivity index (χ1) is 14.5. The van der Waals surface area contributed by atoms with E-state index < -0.39 is 11.1 Å². The lowest BCUT2D eigenvalue weighted by Crippen LogP contribution is -2.43. The predicted molar refractivity (Wildman–Crippen MR) is 110 cm³/mol. The van der Waals surface area contributed by atoms with Crippen LogP contribution in [0.2, 0.25) is 0 Å². The van der Waals surface area contributed by atoms with Crippen molar-refractivity contribution in [3.05, 3.63) is 80.5 Å². The van der Waals surface area contributed by atoms with Crippen LogP contribution in [-0.2, 0) is 26.1 Å². The molecule has 1 atom stereocenters. The van der Waals surface area contributed by atoms with Gasteiger partial charge in [-0.15, -0.1) is 0 Å². The maximum absolute atomic E-state index is 12.8. The van der Waals surface area contributed by atoms with Crippen LogP contribution in [0.25, 0.3) is 0 Å². The zero-order valence-electron chi connectivity index (χ0n) is 16.9. The van der Waals surface area contributed by atoms with Gasteiger partial charge in [-0.25, -0.2) is 4.68 Å². The van der Waals surface area contributed by atoms with E-state index in [2.05, 4.69) is 10.00 Å². The van der Waals surface area contributed by atoms with Gasteiger partial charge in [-0.3, -0.25) is 19.1 Å². The van der Waals surface area contributed by atoms with E-state index in [9.17, 15) is 9.59 Å². The lowest BCUT2D eigenvalue weighted by molar-refractivity contribution is 0.246. The molecule has 8 heteroatoms. The van der Waals surface area contributed by atoms with E-state index in [4.69, 9.17) is 9.15 Å². The first-order valence-electron chi connectivity index (χ1n) is 10.1. The molecule has 1 aromatic carbocycles. The molecule has 5 rings (SSSR count). The molecule has 0 amide bonds. The van der Waals surface area contributed by atoms with Crippen LogP contribution in [0.3, 0.4) is 0 Å². The standard InChI is InChI=1S/C22H24N4O4/c1-29-18-4-2-16(3-5-18)12-26-21(28)20(27)25-15-22(10-19(25)23-26)7-8-24(14-22)11-17-6-9-30-13-17/h2-6,9,13H,7-8,10-12,14-15H2,1H3/t22-/m1/s1. The number of likely N-dealkylation sites (tertiary alicyclic amines) is 1. The summed E-state index contributed by atoms with van der Waals surface area (Å²) in [5.74, 6) is 1.45. The van der Waals surface area contributed by atoms with Crippen molar-refractivity contribution in [1.82, 2.24) is 19.2 Å². The second-order valence-corrected chi connectivity index (χ2v) is 8.39. The number of methoxy groups -OCH3 is 1. The van der Waals surface area contributed by atoms with E-state index in [0.29, 0.717) is 18.8 Å². The second kappa shape index (κ2) is 7.28. The molecule has 1 saturated heterocycles. The Hall–Kier alpha value is -3.13. The topological polar surface area (TPSA) is 82.5 Å². The highest BCUT2D eigenvalue weighted by atomic mass is 16.5. The van der Waals surface area contributed by atoms with Crippen LogP contribution in [-0.4, -0.2) is 39.4 Å². The molecule has 0 aliphatic carbocycles. The number of ether oxygens (including phenoxy) is 1. The highest BCUT2D eigenvalue weighted by Gasteiger charge is 2.44. The molecule has 8 nitrogen and oxygen atoms in total. The molecule has 4 heterocycles. The normalized spacial score (nSPS) is 20.7.